The quantitative estimate of drug-likeness (QED) is 0.478. The van der Waals surface area contributed by atoms with Gasteiger partial charge in [-0.05, 0) is 30.7 Å². The molecule has 154 valence electrons. The number of ether oxygens (including phenoxy) is 1. The Balaban J connectivity index is 1.58. The van der Waals surface area contributed by atoms with Gasteiger partial charge in [0.2, 0.25) is 0 Å². The summed E-state index contributed by atoms with van der Waals surface area (Å²) in [4.78, 5) is 17.8. The van der Waals surface area contributed by atoms with E-state index in [1.165, 1.54) is 11.3 Å². The van der Waals surface area contributed by atoms with Crippen molar-refractivity contribution >= 4 is 39.9 Å². The normalized spacial score (nSPS) is 14.8. The number of carbonyl (C=O) groups is 1. The molecular weight excluding hydrogens is 408 g/mol. The van der Waals surface area contributed by atoms with Crippen molar-refractivity contribution in [1.29, 1.82) is 0 Å². The number of hydrogen-bond acceptors (Lipinski definition) is 5. The molecule has 0 fully saturated rings. The third-order valence-electron chi connectivity index (χ3n) is 5.27. The number of amides is 1. The molecule has 1 aliphatic rings. The number of hydrazone groups is 1. The lowest BCUT2D eigenvalue weighted by Crippen LogP contribution is -2.13. The summed E-state index contributed by atoms with van der Waals surface area (Å²) >= 11 is 1.48. The van der Waals surface area contributed by atoms with E-state index in [0.717, 1.165) is 38.4 Å². The van der Waals surface area contributed by atoms with Gasteiger partial charge in [-0.1, -0.05) is 36.4 Å². The maximum atomic E-state index is 12.6. The number of rotatable bonds is 5. The second-order valence-electron chi connectivity index (χ2n) is 7.35. The topological polar surface area (TPSA) is 68.5 Å². The van der Waals surface area contributed by atoms with E-state index in [2.05, 4.69) is 15.5 Å². The summed E-state index contributed by atoms with van der Waals surface area (Å²) in [5, 5.41) is 5.23. The van der Waals surface area contributed by atoms with Gasteiger partial charge in [0.15, 0.2) is 0 Å². The molecule has 5 rings (SSSR count). The lowest BCUT2D eigenvalue weighted by Gasteiger charge is -2.09. The van der Waals surface area contributed by atoms with Crippen LogP contribution in [-0.2, 0) is 18.4 Å². The second kappa shape index (κ2) is 7.85. The average Bonchev–Trinajstić information content (AvgIpc) is 3.46. The van der Waals surface area contributed by atoms with Gasteiger partial charge in [-0.3, -0.25) is 4.79 Å². The van der Waals surface area contributed by atoms with Crippen molar-refractivity contribution in [1.82, 2.24) is 15.0 Å². The van der Waals surface area contributed by atoms with Gasteiger partial charge in [0.05, 0.1) is 27.2 Å². The zero-order chi connectivity index (χ0) is 21.4. The highest BCUT2D eigenvalue weighted by Crippen LogP contribution is 2.33. The molecule has 0 radical (unpaired) electrons. The minimum absolute atomic E-state index is 0.220. The van der Waals surface area contributed by atoms with Crippen molar-refractivity contribution in [3.8, 4) is 5.75 Å². The maximum Gasteiger partial charge on any atom is 0.273 e. The van der Waals surface area contributed by atoms with E-state index >= 15 is 0 Å². The zero-order valence-electron chi connectivity index (χ0n) is 17.1. The Bertz CT molecular complexity index is 1350. The van der Waals surface area contributed by atoms with Gasteiger partial charge in [-0.25, -0.2) is 10.4 Å². The monoisotopic (exact) mass is 428 g/mol. The SMILES string of the molecule is Cc1ncsc1C1=NNC(=O)/C1=C\c1cn(C)c2cccc(OCc3ccccc3)c12. The van der Waals surface area contributed by atoms with Gasteiger partial charge < -0.3 is 9.30 Å². The highest BCUT2D eigenvalue weighted by Gasteiger charge is 2.27. The summed E-state index contributed by atoms with van der Waals surface area (Å²) in [7, 11) is 1.99. The Morgan fingerprint density at radius 3 is 2.77 bits per heavy atom. The molecule has 3 heterocycles. The predicted molar refractivity (Wildman–Crippen MR) is 123 cm³/mol. The van der Waals surface area contributed by atoms with Crippen LogP contribution in [0.2, 0.25) is 0 Å². The van der Waals surface area contributed by atoms with E-state index in [1.54, 1.807) is 5.51 Å². The first kappa shape index (κ1) is 19.3. The van der Waals surface area contributed by atoms with Gasteiger partial charge in [0.25, 0.3) is 5.91 Å². The number of hydrogen-bond donors (Lipinski definition) is 1. The summed E-state index contributed by atoms with van der Waals surface area (Å²) in [6.45, 7) is 2.39. The van der Waals surface area contributed by atoms with Crippen molar-refractivity contribution in [3.05, 3.63) is 87.5 Å². The van der Waals surface area contributed by atoms with Crippen LogP contribution in [0.15, 0.2) is 70.9 Å². The maximum absolute atomic E-state index is 12.6. The van der Waals surface area contributed by atoms with Crippen LogP contribution in [-0.4, -0.2) is 21.2 Å². The summed E-state index contributed by atoms with van der Waals surface area (Å²) in [5.41, 5.74) is 9.40. The smallest absolute Gasteiger partial charge is 0.273 e. The van der Waals surface area contributed by atoms with Gasteiger partial charge in [-0.2, -0.15) is 5.10 Å². The van der Waals surface area contributed by atoms with Crippen LogP contribution >= 0.6 is 11.3 Å². The van der Waals surface area contributed by atoms with Crippen LogP contribution in [0, 0.1) is 6.92 Å². The van der Waals surface area contributed by atoms with E-state index < -0.39 is 0 Å². The molecule has 1 N–H and O–H groups in total. The second-order valence-corrected chi connectivity index (χ2v) is 8.20. The van der Waals surface area contributed by atoms with Gasteiger partial charge in [0, 0.05) is 24.2 Å². The van der Waals surface area contributed by atoms with Gasteiger partial charge in [-0.15, -0.1) is 11.3 Å². The summed E-state index contributed by atoms with van der Waals surface area (Å²) in [5.74, 6) is 0.558. The first-order valence-corrected chi connectivity index (χ1v) is 10.7. The standard InChI is InChI=1S/C24H20N4O2S/c1-15-23(31-14-25-15)22-18(24(29)27-26-22)11-17-12-28(2)19-9-6-10-20(21(17)19)30-13-16-7-4-3-5-8-16/h3-12,14H,13H2,1-2H3,(H,27,29)/b18-11-. The van der Waals surface area contributed by atoms with Crippen LogP contribution in [0.25, 0.3) is 17.0 Å². The van der Waals surface area contributed by atoms with Crippen LogP contribution in [0.4, 0.5) is 0 Å². The first-order valence-electron chi connectivity index (χ1n) is 9.87. The first-order chi connectivity index (χ1) is 15.1. The summed E-state index contributed by atoms with van der Waals surface area (Å²) < 4.78 is 8.23. The lowest BCUT2D eigenvalue weighted by molar-refractivity contribution is -0.116. The zero-order valence-corrected chi connectivity index (χ0v) is 17.9. The summed E-state index contributed by atoms with van der Waals surface area (Å²) in [6.07, 6.45) is 3.90. The van der Waals surface area contributed by atoms with Crippen LogP contribution < -0.4 is 10.2 Å². The molecule has 0 saturated carbocycles. The van der Waals surface area contributed by atoms with Crippen LogP contribution in [0.1, 0.15) is 21.7 Å². The number of thiazole rings is 1. The third-order valence-corrected chi connectivity index (χ3v) is 6.21. The molecule has 7 heteroatoms. The van der Waals surface area contributed by atoms with Crippen molar-refractivity contribution in [2.45, 2.75) is 13.5 Å². The molecule has 0 spiro atoms. The molecule has 0 aliphatic carbocycles. The highest BCUT2D eigenvalue weighted by molar-refractivity contribution is 7.12. The molecule has 2 aromatic carbocycles. The van der Waals surface area contributed by atoms with Crippen LogP contribution in [0.5, 0.6) is 5.75 Å². The molecule has 6 nitrogen and oxygen atoms in total. The average molecular weight is 429 g/mol. The Labute approximate surface area is 183 Å². The Morgan fingerprint density at radius 2 is 2.00 bits per heavy atom. The Hall–Kier alpha value is -3.71. The number of aromatic nitrogens is 2. The molecule has 0 unspecified atom stereocenters. The van der Waals surface area contributed by atoms with E-state index in [0.29, 0.717) is 17.9 Å². The number of carbonyl (C=O) groups excluding carboxylic acids is 1. The van der Waals surface area contributed by atoms with Gasteiger partial charge >= 0.3 is 0 Å². The minimum Gasteiger partial charge on any atom is -0.488 e. The molecule has 31 heavy (non-hydrogen) atoms. The largest absolute Gasteiger partial charge is 0.488 e. The highest BCUT2D eigenvalue weighted by atomic mass is 32.1. The van der Waals surface area contributed by atoms with Crippen LogP contribution in [0.3, 0.4) is 0 Å². The number of aryl methyl sites for hydroxylation is 2. The molecular formula is C24H20N4O2S. The third kappa shape index (κ3) is 3.53. The number of nitrogens with zero attached hydrogens (tertiary/aromatic N) is 3. The Kier molecular flexibility index (Phi) is 4.88. The molecule has 1 amide bonds. The van der Waals surface area contributed by atoms with E-state index in [-0.39, 0.29) is 5.91 Å². The van der Waals surface area contributed by atoms with E-state index in [4.69, 9.17) is 4.74 Å². The predicted octanol–water partition coefficient (Wildman–Crippen LogP) is 4.44. The molecule has 0 bridgehead atoms. The van der Waals surface area contributed by atoms with Crippen molar-refractivity contribution < 1.29 is 9.53 Å². The van der Waals surface area contributed by atoms with Crippen molar-refractivity contribution in [2.75, 3.05) is 0 Å². The lowest BCUT2D eigenvalue weighted by atomic mass is 10.0. The minimum atomic E-state index is -0.220. The molecule has 2 aromatic heterocycles. The Morgan fingerprint density at radius 1 is 1.16 bits per heavy atom. The van der Waals surface area contributed by atoms with Crippen molar-refractivity contribution in [2.24, 2.45) is 12.1 Å². The fourth-order valence-electron chi connectivity index (χ4n) is 3.74. The number of benzene rings is 2. The summed E-state index contributed by atoms with van der Waals surface area (Å²) in [6, 6.07) is 16.1. The molecule has 0 saturated heterocycles. The van der Waals surface area contributed by atoms with Crippen molar-refractivity contribution in [3.63, 3.8) is 0 Å². The molecule has 1 aliphatic heterocycles. The number of fused-ring (bicyclic) bond motifs is 1. The van der Waals surface area contributed by atoms with E-state index in [9.17, 15) is 4.79 Å². The fraction of sp³-hybridized carbons (Fsp3) is 0.125. The number of nitrogens with one attached hydrogen (secondary N) is 1. The van der Waals surface area contributed by atoms with E-state index in [1.807, 2.05) is 79.3 Å². The molecule has 0 atom stereocenters. The molecule has 4 aromatic rings. The fourth-order valence-corrected chi connectivity index (χ4v) is 4.54. The van der Waals surface area contributed by atoms with Gasteiger partial charge in [0.1, 0.15) is 18.1 Å².